The summed E-state index contributed by atoms with van der Waals surface area (Å²) >= 11 is 6.23. The molecule has 0 fully saturated rings. The van der Waals surface area contributed by atoms with Gasteiger partial charge in [-0.1, -0.05) is 66.2 Å². The molecule has 1 N–H and O–H groups in total. The number of sulfonamides is 1. The van der Waals surface area contributed by atoms with Gasteiger partial charge in [-0.2, -0.15) is 4.31 Å². The molecule has 7 heteroatoms. The zero-order valence-electron chi connectivity index (χ0n) is 17.6. The Morgan fingerprint density at radius 2 is 1.69 bits per heavy atom. The van der Waals surface area contributed by atoms with E-state index < -0.39 is 10.0 Å². The van der Waals surface area contributed by atoms with Crippen LogP contribution in [0.1, 0.15) is 33.5 Å². The fourth-order valence-corrected chi connectivity index (χ4v) is 5.55. The van der Waals surface area contributed by atoms with Crippen LogP contribution in [0.3, 0.4) is 0 Å². The van der Waals surface area contributed by atoms with E-state index in [0.717, 1.165) is 18.4 Å². The van der Waals surface area contributed by atoms with Crippen molar-refractivity contribution in [3.63, 3.8) is 0 Å². The first-order valence-corrected chi connectivity index (χ1v) is 12.5. The number of nitrogens with zero attached hydrogens (tertiary/aromatic N) is 1. The van der Waals surface area contributed by atoms with Crippen LogP contribution in [0.15, 0.2) is 77.7 Å². The Kier molecular flexibility index (Phi) is 6.94. The first kappa shape index (κ1) is 22.5. The molecule has 0 saturated carbocycles. The largest absolute Gasteiger partial charge is 0.352 e. The maximum atomic E-state index is 13.3. The van der Waals surface area contributed by atoms with E-state index >= 15 is 0 Å². The highest BCUT2D eigenvalue weighted by Gasteiger charge is 2.29. The average molecular weight is 469 g/mol. The number of carbonyl (C=O) groups excluding carboxylic acids is 1. The first-order chi connectivity index (χ1) is 15.4. The van der Waals surface area contributed by atoms with Crippen molar-refractivity contribution in [3.8, 4) is 0 Å². The number of hydrogen-bond acceptors (Lipinski definition) is 3. The lowest BCUT2D eigenvalue weighted by atomic mass is 10.0. The number of nitrogens with one attached hydrogen (secondary N) is 1. The van der Waals surface area contributed by atoms with Gasteiger partial charge in [0.1, 0.15) is 0 Å². The number of aryl methyl sites for hydroxylation is 1. The quantitative estimate of drug-likeness (QED) is 0.521. The van der Waals surface area contributed by atoms with E-state index in [9.17, 15) is 13.2 Å². The van der Waals surface area contributed by atoms with Crippen LogP contribution >= 0.6 is 11.6 Å². The van der Waals surface area contributed by atoms with Crippen molar-refractivity contribution < 1.29 is 13.2 Å². The van der Waals surface area contributed by atoms with E-state index in [-0.39, 0.29) is 21.4 Å². The molecule has 1 heterocycles. The Labute approximate surface area is 194 Å². The Hall–Kier alpha value is -2.67. The summed E-state index contributed by atoms with van der Waals surface area (Å²) in [5.74, 6) is -0.371. The van der Waals surface area contributed by atoms with Gasteiger partial charge in [-0.05, 0) is 54.2 Å². The Balaban J connectivity index is 1.44. The third-order valence-electron chi connectivity index (χ3n) is 5.69. The molecule has 0 radical (unpaired) electrons. The molecular weight excluding hydrogens is 444 g/mol. The summed E-state index contributed by atoms with van der Waals surface area (Å²) in [7, 11) is -3.74. The third-order valence-corrected chi connectivity index (χ3v) is 7.86. The predicted molar refractivity (Wildman–Crippen MR) is 126 cm³/mol. The van der Waals surface area contributed by atoms with Gasteiger partial charge in [0, 0.05) is 19.6 Å². The first-order valence-electron chi connectivity index (χ1n) is 10.6. The van der Waals surface area contributed by atoms with Crippen LogP contribution in [0, 0.1) is 0 Å². The Morgan fingerprint density at radius 3 is 2.47 bits per heavy atom. The second-order valence-corrected chi connectivity index (χ2v) is 10.2. The monoisotopic (exact) mass is 468 g/mol. The number of carbonyl (C=O) groups is 1. The van der Waals surface area contributed by atoms with Gasteiger partial charge in [0.2, 0.25) is 10.0 Å². The highest BCUT2D eigenvalue weighted by molar-refractivity contribution is 7.89. The van der Waals surface area contributed by atoms with Gasteiger partial charge >= 0.3 is 0 Å². The van der Waals surface area contributed by atoms with Crippen molar-refractivity contribution >= 4 is 27.5 Å². The van der Waals surface area contributed by atoms with Gasteiger partial charge < -0.3 is 5.32 Å². The van der Waals surface area contributed by atoms with Crippen LogP contribution in [0.4, 0.5) is 0 Å². The Bertz CT molecular complexity index is 1210. The standard InChI is InChI=1S/C25H25ClN2O3S/c26-24-13-12-22(32(30,31)28-16-14-20-10-4-5-11-21(20)18-28)17-23(24)25(29)27-15-6-9-19-7-2-1-3-8-19/h1-5,7-8,10-13,17H,6,9,14-16,18H2,(H,27,29). The minimum Gasteiger partial charge on any atom is -0.352 e. The molecule has 5 nitrogen and oxygen atoms in total. The third kappa shape index (κ3) is 5.04. The van der Waals surface area contributed by atoms with E-state index in [4.69, 9.17) is 11.6 Å². The highest BCUT2D eigenvalue weighted by atomic mass is 35.5. The van der Waals surface area contributed by atoms with Crippen LogP contribution in [-0.2, 0) is 29.4 Å². The van der Waals surface area contributed by atoms with Gasteiger partial charge in [0.15, 0.2) is 0 Å². The van der Waals surface area contributed by atoms with Crippen molar-refractivity contribution in [1.82, 2.24) is 9.62 Å². The molecule has 0 atom stereocenters. The summed E-state index contributed by atoms with van der Waals surface area (Å²) in [4.78, 5) is 12.8. The van der Waals surface area contributed by atoms with Crippen molar-refractivity contribution in [3.05, 3.63) is 100 Å². The smallest absolute Gasteiger partial charge is 0.252 e. The summed E-state index contributed by atoms with van der Waals surface area (Å²) in [5.41, 5.74) is 3.55. The van der Waals surface area contributed by atoms with E-state index in [1.54, 1.807) is 0 Å². The molecule has 0 unspecified atom stereocenters. The highest BCUT2D eigenvalue weighted by Crippen LogP contribution is 2.27. The summed E-state index contributed by atoms with van der Waals surface area (Å²) in [6, 6.07) is 22.2. The summed E-state index contributed by atoms with van der Waals surface area (Å²) < 4.78 is 28.0. The molecule has 32 heavy (non-hydrogen) atoms. The molecule has 4 rings (SSSR count). The molecule has 3 aromatic carbocycles. The second kappa shape index (κ2) is 9.86. The van der Waals surface area contributed by atoms with Crippen LogP contribution in [-0.4, -0.2) is 31.7 Å². The molecule has 0 bridgehead atoms. The van der Waals surface area contributed by atoms with Crippen molar-refractivity contribution in [2.75, 3.05) is 13.1 Å². The van der Waals surface area contributed by atoms with Crippen LogP contribution in [0.5, 0.6) is 0 Å². The molecular formula is C25H25ClN2O3S. The molecule has 1 amide bonds. The van der Waals surface area contributed by atoms with Gasteiger partial charge in [0.05, 0.1) is 15.5 Å². The van der Waals surface area contributed by atoms with Gasteiger partial charge in [-0.3, -0.25) is 4.79 Å². The number of halogens is 1. The summed E-state index contributed by atoms with van der Waals surface area (Å²) in [6.45, 7) is 1.20. The van der Waals surface area contributed by atoms with Crippen molar-refractivity contribution in [1.29, 1.82) is 0 Å². The molecule has 0 saturated heterocycles. The SMILES string of the molecule is O=C(NCCCc1ccccc1)c1cc(S(=O)(=O)N2CCc3ccccc3C2)ccc1Cl. The number of rotatable bonds is 7. The topological polar surface area (TPSA) is 66.5 Å². The second-order valence-electron chi connectivity index (χ2n) is 7.84. The summed E-state index contributed by atoms with van der Waals surface area (Å²) in [5, 5.41) is 3.08. The van der Waals surface area contributed by atoms with Gasteiger partial charge in [-0.25, -0.2) is 8.42 Å². The van der Waals surface area contributed by atoms with Crippen molar-refractivity contribution in [2.24, 2.45) is 0 Å². The van der Waals surface area contributed by atoms with Gasteiger partial charge in [0.25, 0.3) is 5.91 Å². The minimum absolute atomic E-state index is 0.0794. The number of fused-ring (bicyclic) bond motifs is 1. The molecule has 166 valence electrons. The molecule has 0 aliphatic carbocycles. The lowest BCUT2D eigenvalue weighted by molar-refractivity contribution is 0.0953. The van der Waals surface area contributed by atoms with E-state index in [0.29, 0.717) is 26.1 Å². The van der Waals surface area contributed by atoms with Gasteiger partial charge in [-0.15, -0.1) is 0 Å². The zero-order valence-corrected chi connectivity index (χ0v) is 19.2. The average Bonchev–Trinajstić information content (AvgIpc) is 2.82. The van der Waals surface area contributed by atoms with Crippen LogP contribution in [0.2, 0.25) is 5.02 Å². The number of hydrogen-bond donors (Lipinski definition) is 1. The minimum atomic E-state index is -3.74. The lowest BCUT2D eigenvalue weighted by Crippen LogP contribution is -2.36. The maximum Gasteiger partial charge on any atom is 0.252 e. The molecule has 0 aromatic heterocycles. The summed E-state index contributed by atoms with van der Waals surface area (Å²) in [6.07, 6.45) is 2.29. The molecule has 1 aliphatic rings. The molecule has 1 aliphatic heterocycles. The number of amides is 1. The lowest BCUT2D eigenvalue weighted by Gasteiger charge is -2.28. The van der Waals surface area contributed by atoms with Crippen LogP contribution in [0.25, 0.3) is 0 Å². The number of benzene rings is 3. The van der Waals surface area contributed by atoms with Crippen LogP contribution < -0.4 is 5.32 Å². The fourth-order valence-electron chi connectivity index (χ4n) is 3.90. The zero-order chi connectivity index (χ0) is 22.6. The van der Waals surface area contributed by atoms with E-state index in [1.807, 2.05) is 54.6 Å². The predicted octanol–water partition coefficient (Wildman–Crippen LogP) is 4.45. The normalized spacial score (nSPS) is 14.0. The van der Waals surface area contributed by atoms with Crippen molar-refractivity contribution in [2.45, 2.75) is 30.7 Å². The Morgan fingerprint density at radius 1 is 0.969 bits per heavy atom. The van der Waals surface area contributed by atoms with E-state index in [2.05, 4.69) is 5.32 Å². The maximum absolute atomic E-state index is 13.3. The van der Waals surface area contributed by atoms with E-state index in [1.165, 1.54) is 33.6 Å². The fraction of sp³-hybridized carbons (Fsp3) is 0.240. The molecule has 3 aromatic rings. The molecule has 0 spiro atoms.